The van der Waals surface area contributed by atoms with E-state index in [-0.39, 0.29) is 6.10 Å². The van der Waals surface area contributed by atoms with Gasteiger partial charge < -0.3 is 5.11 Å². The molecule has 64 valence electrons. The molecule has 0 heterocycles. The Morgan fingerprint density at radius 1 is 1.45 bits per heavy atom. The summed E-state index contributed by atoms with van der Waals surface area (Å²) in [6.07, 6.45) is 9.53. The number of hydrogen-bond donors (Lipinski definition) is 1. The van der Waals surface area contributed by atoms with E-state index in [1.807, 2.05) is 6.92 Å². The van der Waals surface area contributed by atoms with Crippen LogP contribution in [0.2, 0.25) is 0 Å². The van der Waals surface area contributed by atoms with Crippen molar-refractivity contribution in [1.29, 1.82) is 0 Å². The van der Waals surface area contributed by atoms with Gasteiger partial charge in [-0.15, -0.1) is 0 Å². The molecule has 1 aliphatic carbocycles. The smallest absolute Gasteiger partial charge is 0.0515 e. The van der Waals surface area contributed by atoms with Crippen LogP contribution < -0.4 is 0 Å². The summed E-state index contributed by atoms with van der Waals surface area (Å²) in [4.78, 5) is 0. The Kier molecular flexibility index (Phi) is 3.64. The van der Waals surface area contributed by atoms with Crippen LogP contribution in [0.5, 0.6) is 0 Å². The fourth-order valence-electron chi connectivity index (χ4n) is 1.56. The quantitative estimate of drug-likeness (QED) is 0.619. The number of rotatable bonds is 3. The van der Waals surface area contributed by atoms with E-state index in [0.717, 1.165) is 12.8 Å². The maximum Gasteiger partial charge on any atom is 0.0515 e. The van der Waals surface area contributed by atoms with Gasteiger partial charge in [-0.3, -0.25) is 0 Å². The SMILES string of the molecule is CC(O)CCC=C1CCCC1. The molecular weight excluding hydrogens is 136 g/mol. The van der Waals surface area contributed by atoms with Crippen LogP contribution in [0.4, 0.5) is 0 Å². The third-order valence-electron chi connectivity index (χ3n) is 2.26. The maximum atomic E-state index is 9.00. The third-order valence-corrected chi connectivity index (χ3v) is 2.26. The maximum absolute atomic E-state index is 9.00. The van der Waals surface area contributed by atoms with Crippen molar-refractivity contribution in [2.24, 2.45) is 0 Å². The van der Waals surface area contributed by atoms with Crippen molar-refractivity contribution < 1.29 is 5.11 Å². The summed E-state index contributed by atoms with van der Waals surface area (Å²) in [6.45, 7) is 1.85. The van der Waals surface area contributed by atoms with Gasteiger partial charge in [0, 0.05) is 0 Å². The normalized spacial score (nSPS) is 20.4. The van der Waals surface area contributed by atoms with Gasteiger partial charge in [0.05, 0.1) is 6.10 Å². The van der Waals surface area contributed by atoms with Gasteiger partial charge in [-0.25, -0.2) is 0 Å². The monoisotopic (exact) mass is 154 g/mol. The topological polar surface area (TPSA) is 20.2 Å². The molecule has 1 N–H and O–H groups in total. The van der Waals surface area contributed by atoms with Crippen molar-refractivity contribution in [3.8, 4) is 0 Å². The van der Waals surface area contributed by atoms with E-state index >= 15 is 0 Å². The van der Waals surface area contributed by atoms with Crippen LogP contribution >= 0.6 is 0 Å². The Balaban J connectivity index is 2.13. The molecule has 1 fully saturated rings. The number of hydrogen-bond acceptors (Lipinski definition) is 1. The van der Waals surface area contributed by atoms with Crippen molar-refractivity contribution in [2.75, 3.05) is 0 Å². The first-order valence-corrected chi connectivity index (χ1v) is 4.65. The summed E-state index contributed by atoms with van der Waals surface area (Å²) >= 11 is 0. The number of aliphatic hydroxyl groups is 1. The molecule has 0 saturated heterocycles. The Morgan fingerprint density at radius 3 is 2.64 bits per heavy atom. The first-order chi connectivity index (χ1) is 5.29. The molecule has 1 aliphatic rings. The molecule has 11 heavy (non-hydrogen) atoms. The highest BCUT2D eigenvalue weighted by molar-refractivity contribution is 5.05. The van der Waals surface area contributed by atoms with E-state index in [2.05, 4.69) is 6.08 Å². The minimum atomic E-state index is -0.131. The molecule has 1 rings (SSSR count). The van der Waals surface area contributed by atoms with Crippen LogP contribution in [0, 0.1) is 0 Å². The lowest BCUT2D eigenvalue weighted by molar-refractivity contribution is 0.186. The van der Waals surface area contributed by atoms with E-state index < -0.39 is 0 Å². The Labute approximate surface area is 69.1 Å². The Bertz CT molecular complexity index is 128. The number of allylic oxidation sites excluding steroid dienone is 2. The summed E-state index contributed by atoms with van der Waals surface area (Å²) in [6, 6.07) is 0. The summed E-state index contributed by atoms with van der Waals surface area (Å²) in [5, 5.41) is 9.00. The molecule has 0 aliphatic heterocycles. The first kappa shape index (κ1) is 8.79. The highest BCUT2D eigenvalue weighted by atomic mass is 16.3. The van der Waals surface area contributed by atoms with Gasteiger partial charge in [0.1, 0.15) is 0 Å². The molecule has 0 spiro atoms. The number of aliphatic hydroxyl groups excluding tert-OH is 1. The Hall–Kier alpha value is -0.300. The summed E-state index contributed by atoms with van der Waals surface area (Å²) in [5.41, 5.74) is 1.62. The van der Waals surface area contributed by atoms with Crippen LogP contribution in [0.3, 0.4) is 0 Å². The van der Waals surface area contributed by atoms with E-state index in [4.69, 9.17) is 5.11 Å². The van der Waals surface area contributed by atoms with Crippen LogP contribution in [-0.4, -0.2) is 11.2 Å². The highest BCUT2D eigenvalue weighted by Gasteiger charge is 2.05. The molecule has 1 heteroatoms. The molecule has 1 atom stereocenters. The molecule has 0 radical (unpaired) electrons. The molecule has 0 bridgehead atoms. The van der Waals surface area contributed by atoms with Crippen LogP contribution in [-0.2, 0) is 0 Å². The summed E-state index contributed by atoms with van der Waals surface area (Å²) in [7, 11) is 0. The van der Waals surface area contributed by atoms with Gasteiger partial charge in [-0.05, 0) is 45.4 Å². The largest absolute Gasteiger partial charge is 0.393 e. The van der Waals surface area contributed by atoms with Crippen molar-refractivity contribution >= 4 is 0 Å². The van der Waals surface area contributed by atoms with Crippen molar-refractivity contribution in [2.45, 2.75) is 51.6 Å². The second-order valence-corrected chi connectivity index (χ2v) is 3.50. The van der Waals surface area contributed by atoms with Crippen molar-refractivity contribution in [3.63, 3.8) is 0 Å². The molecule has 1 unspecified atom stereocenters. The molecular formula is C10H18O. The standard InChI is InChI=1S/C10H18O/c1-9(11)5-4-8-10-6-2-3-7-10/h8-9,11H,2-7H2,1H3. The van der Waals surface area contributed by atoms with Crippen molar-refractivity contribution in [1.82, 2.24) is 0 Å². The fraction of sp³-hybridized carbons (Fsp3) is 0.800. The van der Waals surface area contributed by atoms with Gasteiger partial charge in [0.25, 0.3) is 0 Å². The predicted octanol–water partition coefficient (Wildman–Crippen LogP) is 2.65. The lowest BCUT2D eigenvalue weighted by atomic mass is 10.1. The second kappa shape index (κ2) is 4.55. The third kappa shape index (κ3) is 3.57. The zero-order chi connectivity index (χ0) is 8.10. The lowest BCUT2D eigenvalue weighted by Gasteiger charge is -2.00. The zero-order valence-electron chi connectivity index (χ0n) is 7.34. The average Bonchev–Trinajstić information content (AvgIpc) is 2.39. The molecule has 0 aromatic carbocycles. The fourth-order valence-corrected chi connectivity index (χ4v) is 1.56. The lowest BCUT2D eigenvalue weighted by Crippen LogP contribution is -1.97. The molecule has 0 aromatic heterocycles. The van der Waals surface area contributed by atoms with Gasteiger partial charge in [0.15, 0.2) is 0 Å². The first-order valence-electron chi connectivity index (χ1n) is 4.65. The van der Waals surface area contributed by atoms with Gasteiger partial charge >= 0.3 is 0 Å². The second-order valence-electron chi connectivity index (χ2n) is 3.50. The minimum Gasteiger partial charge on any atom is -0.393 e. The van der Waals surface area contributed by atoms with E-state index in [1.54, 1.807) is 5.57 Å². The summed E-state index contributed by atoms with van der Waals surface area (Å²) < 4.78 is 0. The molecule has 1 nitrogen and oxygen atoms in total. The van der Waals surface area contributed by atoms with Crippen LogP contribution in [0.1, 0.15) is 45.4 Å². The molecule has 1 saturated carbocycles. The Morgan fingerprint density at radius 2 is 2.09 bits per heavy atom. The van der Waals surface area contributed by atoms with Crippen LogP contribution in [0.15, 0.2) is 11.6 Å². The molecule has 0 amide bonds. The highest BCUT2D eigenvalue weighted by Crippen LogP contribution is 2.24. The van der Waals surface area contributed by atoms with E-state index in [9.17, 15) is 0 Å². The van der Waals surface area contributed by atoms with Crippen LogP contribution in [0.25, 0.3) is 0 Å². The van der Waals surface area contributed by atoms with Gasteiger partial charge in [-0.2, -0.15) is 0 Å². The zero-order valence-corrected chi connectivity index (χ0v) is 7.34. The minimum absolute atomic E-state index is 0.131. The van der Waals surface area contributed by atoms with Gasteiger partial charge in [0.2, 0.25) is 0 Å². The van der Waals surface area contributed by atoms with E-state index in [1.165, 1.54) is 25.7 Å². The van der Waals surface area contributed by atoms with Crippen molar-refractivity contribution in [3.05, 3.63) is 11.6 Å². The average molecular weight is 154 g/mol. The predicted molar refractivity (Wildman–Crippen MR) is 47.5 cm³/mol. The van der Waals surface area contributed by atoms with E-state index in [0.29, 0.717) is 0 Å². The summed E-state index contributed by atoms with van der Waals surface area (Å²) in [5.74, 6) is 0. The molecule has 0 aromatic rings. The van der Waals surface area contributed by atoms with Gasteiger partial charge in [-0.1, -0.05) is 11.6 Å².